The van der Waals surface area contributed by atoms with Crippen LogP contribution >= 0.6 is 0 Å². The Morgan fingerprint density at radius 1 is 1.40 bits per heavy atom. The molecule has 1 N–H and O–H groups in total. The second-order valence-electron chi connectivity index (χ2n) is 5.25. The molecule has 0 radical (unpaired) electrons. The Labute approximate surface area is 119 Å². The summed E-state index contributed by atoms with van der Waals surface area (Å²) in [7, 11) is 0. The number of rotatable bonds is 6. The van der Waals surface area contributed by atoms with Gasteiger partial charge in [-0.05, 0) is 25.3 Å². The van der Waals surface area contributed by atoms with E-state index in [2.05, 4.69) is 16.5 Å². The lowest BCUT2D eigenvalue weighted by molar-refractivity contribution is 0.201. The molecule has 1 aliphatic rings. The average Bonchev–Trinajstić information content (AvgIpc) is 3.22. The van der Waals surface area contributed by atoms with Gasteiger partial charge in [-0.1, -0.05) is 25.1 Å². The molecule has 0 aliphatic heterocycles. The van der Waals surface area contributed by atoms with Gasteiger partial charge in [0, 0.05) is 11.6 Å². The van der Waals surface area contributed by atoms with Crippen LogP contribution in [0, 0.1) is 0 Å². The highest BCUT2D eigenvalue weighted by molar-refractivity contribution is 5.38. The van der Waals surface area contributed by atoms with Crippen molar-refractivity contribution in [3.63, 3.8) is 0 Å². The van der Waals surface area contributed by atoms with E-state index in [1.54, 1.807) is 6.20 Å². The number of aliphatic hydroxyl groups excluding tert-OH is 1. The third kappa shape index (κ3) is 2.56. The van der Waals surface area contributed by atoms with Crippen LogP contribution in [0.25, 0.3) is 0 Å². The van der Waals surface area contributed by atoms with Crippen LogP contribution in [0.1, 0.15) is 49.6 Å². The highest BCUT2D eigenvalue weighted by Gasteiger charge is 2.28. The normalized spacial score (nSPS) is 16.1. The van der Waals surface area contributed by atoms with Gasteiger partial charge >= 0.3 is 0 Å². The smallest absolute Gasteiger partial charge is 0.125 e. The molecule has 1 saturated carbocycles. The number of nitrogens with zero attached hydrogens (tertiary/aromatic N) is 2. The maximum absolute atomic E-state index is 10.7. The summed E-state index contributed by atoms with van der Waals surface area (Å²) in [4.78, 5) is 4.18. The number of ether oxygens (including phenoxy) is 1. The Balaban J connectivity index is 1.89. The van der Waals surface area contributed by atoms with Crippen molar-refractivity contribution in [1.29, 1.82) is 0 Å². The fourth-order valence-electron chi connectivity index (χ4n) is 2.39. The van der Waals surface area contributed by atoms with Gasteiger partial charge in [-0.15, -0.1) is 0 Å². The third-order valence-corrected chi connectivity index (χ3v) is 3.59. The fraction of sp³-hybridized carbons (Fsp3) is 0.438. The molecule has 2 aromatic rings. The molecule has 0 bridgehead atoms. The van der Waals surface area contributed by atoms with Crippen LogP contribution in [0.2, 0.25) is 0 Å². The van der Waals surface area contributed by atoms with Gasteiger partial charge in [-0.2, -0.15) is 0 Å². The van der Waals surface area contributed by atoms with Gasteiger partial charge in [0.2, 0.25) is 0 Å². The third-order valence-electron chi connectivity index (χ3n) is 3.59. The van der Waals surface area contributed by atoms with Crippen LogP contribution in [-0.2, 0) is 0 Å². The molecule has 0 amide bonds. The molecule has 1 aromatic carbocycles. The SMILES string of the molecule is CCCOc1ccccc1C(O)c1cncn1C1CC1. The lowest BCUT2D eigenvalue weighted by atomic mass is 10.1. The van der Waals surface area contributed by atoms with E-state index >= 15 is 0 Å². The summed E-state index contributed by atoms with van der Waals surface area (Å²) in [6.07, 6.45) is 6.16. The first-order valence-corrected chi connectivity index (χ1v) is 7.22. The molecule has 0 saturated heterocycles. The molecular formula is C16H20N2O2. The molecule has 1 heterocycles. The molecule has 4 heteroatoms. The van der Waals surface area contributed by atoms with E-state index in [0.29, 0.717) is 12.6 Å². The molecule has 1 unspecified atom stereocenters. The van der Waals surface area contributed by atoms with E-state index in [9.17, 15) is 5.11 Å². The Hall–Kier alpha value is -1.81. The molecule has 1 aromatic heterocycles. The maximum atomic E-state index is 10.7. The van der Waals surface area contributed by atoms with Crippen LogP contribution in [0.5, 0.6) is 5.75 Å². The first kappa shape index (κ1) is 13.2. The number of hydrogen-bond donors (Lipinski definition) is 1. The van der Waals surface area contributed by atoms with E-state index in [-0.39, 0.29) is 0 Å². The van der Waals surface area contributed by atoms with Crippen LogP contribution in [0.3, 0.4) is 0 Å². The first-order valence-electron chi connectivity index (χ1n) is 7.22. The molecule has 1 fully saturated rings. The number of hydrogen-bond acceptors (Lipinski definition) is 3. The van der Waals surface area contributed by atoms with Crippen LogP contribution in [0.4, 0.5) is 0 Å². The fourth-order valence-corrected chi connectivity index (χ4v) is 2.39. The van der Waals surface area contributed by atoms with Crippen molar-refractivity contribution in [1.82, 2.24) is 9.55 Å². The van der Waals surface area contributed by atoms with Gasteiger partial charge in [0.25, 0.3) is 0 Å². The maximum Gasteiger partial charge on any atom is 0.125 e. The monoisotopic (exact) mass is 272 g/mol. The van der Waals surface area contributed by atoms with Gasteiger partial charge in [-0.3, -0.25) is 0 Å². The molecular weight excluding hydrogens is 252 g/mol. The quantitative estimate of drug-likeness (QED) is 0.879. The van der Waals surface area contributed by atoms with Crippen molar-refractivity contribution in [2.75, 3.05) is 6.61 Å². The van der Waals surface area contributed by atoms with Crippen molar-refractivity contribution in [3.8, 4) is 5.75 Å². The van der Waals surface area contributed by atoms with Crippen molar-refractivity contribution >= 4 is 0 Å². The predicted molar refractivity (Wildman–Crippen MR) is 76.8 cm³/mol. The van der Waals surface area contributed by atoms with Gasteiger partial charge in [0.1, 0.15) is 11.9 Å². The minimum atomic E-state index is -0.689. The van der Waals surface area contributed by atoms with Crippen LogP contribution in [0.15, 0.2) is 36.8 Å². The number of aromatic nitrogens is 2. The van der Waals surface area contributed by atoms with Crippen LogP contribution in [-0.4, -0.2) is 21.3 Å². The van der Waals surface area contributed by atoms with Crippen molar-refractivity contribution in [2.24, 2.45) is 0 Å². The molecule has 3 rings (SSSR count). The minimum Gasteiger partial charge on any atom is -0.493 e. The second kappa shape index (κ2) is 5.67. The van der Waals surface area contributed by atoms with Gasteiger partial charge in [0.15, 0.2) is 0 Å². The highest BCUT2D eigenvalue weighted by Crippen LogP contribution is 2.39. The van der Waals surface area contributed by atoms with Gasteiger partial charge < -0.3 is 14.4 Å². The Kier molecular flexibility index (Phi) is 3.74. The Morgan fingerprint density at radius 2 is 2.20 bits per heavy atom. The summed E-state index contributed by atoms with van der Waals surface area (Å²) in [5.41, 5.74) is 1.66. The predicted octanol–water partition coefficient (Wildman–Crippen LogP) is 3.09. The number of aliphatic hydroxyl groups is 1. The summed E-state index contributed by atoms with van der Waals surface area (Å²) in [5.74, 6) is 0.755. The minimum absolute atomic E-state index is 0.505. The van der Waals surface area contributed by atoms with Crippen molar-refractivity contribution < 1.29 is 9.84 Å². The molecule has 106 valence electrons. The number of para-hydroxylation sites is 1. The summed E-state index contributed by atoms with van der Waals surface area (Å²) in [6.45, 7) is 2.73. The number of imidazole rings is 1. The molecule has 1 atom stereocenters. The van der Waals surface area contributed by atoms with Crippen molar-refractivity contribution in [2.45, 2.75) is 38.3 Å². The van der Waals surface area contributed by atoms with E-state index < -0.39 is 6.10 Å². The van der Waals surface area contributed by atoms with E-state index in [4.69, 9.17) is 4.74 Å². The zero-order valence-electron chi connectivity index (χ0n) is 11.7. The summed E-state index contributed by atoms with van der Waals surface area (Å²) >= 11 is 0. The highest BCUT2D eigenvalue weighted by atomic mass is 16.5. The van der Waals surface area contributed by atoms with Crippen LogP contribution < -0.4 is 4.74 Å². The zero-order chi connectivity index (χ0) is 13.9. The summed E-state index contributed by atoms with van der Waals surface area (Å²) in [5, 5.41) is 10.7. The topological polar surface area (TPSA) is 47.3 Å². The van der Waals surface area contributed by atoms with E-state index in [1.807, 2.05) is 30.6 Å². The molecule has 20 heavy (non-hydrogen) atoms. The summed E-state index contributed by atoms with van der Waals surface area (Å²) in [6, 6.07) is 8.19. The van der Waals surface area contributed by atoms with Crippen molar-refractivity contribution in [3.05, 3.63) is 48.0 Å². The average molecular weight is 272 g/mol. The van der Waals surface area contributed by atoms with Gasteiger partial charge in [-0.25, -0.2) is 4.98 Å². The Morgan fingerprint density at radius 3 is 2.95 bits per heavy atom. The zero-order valence-corrected chi connectivity index (χ0v) is 11.7. The van der Waals surface area contributed by atoms with Gasteiger partial charge in [0.05, 0.1) is 24.8 Å². The van der Waals surface area contributed by atoms with E-state index in [1.165, 1.54) is 12.8 Å². The standard InChI is InChI=1S/C16H20N2O2/c1-2-9-20-15-6-4-3-5-13(15)16(19)14-10-17-11-18(14)12-7-8-12/h3-6,10-12,16,19H,2,7-9H2,1H3. The van der Waals surface area contributed by atoms with E-state index in [0.717, 1.165) is 23.4 Å². The first-order chi connectivity index (χ1) is 9.81. The molecule has 4 nitrogen and oxygen atoms in total. The Bertz CT molecular complexity index is 575. The molecule has 0 spiro atoms. The number of benzene rings is 1. The second-order valence-corrected chi connectivity index (χ2v) is 5.25. The lowest BCUT2D eigenvalue weighted by Crippen LogP contribution is -2.09. The molecule has 1 aliphatic carbocycles. The summed E-state index contributed by atoms with van der Waals surface area (Å²) < 4.78 is 7.82. The largest absolute Gasteiger partial charge is 0.493 e. The lowest BCUT2D eigenvalue weighted by Gasteiger charge is -2.17.